The van der Waals surface area contributed by atoms with Crippen LogP contribution in [0.2, 0.25) is 0 Å². The third-order valence-corrected chi connectivity index (χ3v) is 7.78. The molecule has 0 atom stereocenters. The first-order valence-electron chi connectivity index (χ1n) is 11.3. The van der Waals surface area contributed by atoms with Crippen LogP contribution >= 0.6 is 0 Å². The zero-order valence-corrected chi connectivity index (χ0v) is 17.3. The van der Waals surface area contributed by atoms with E-state index in [1.807, 2.05) is 0 Å². The molecule has 0 bridgehead atoms. The fourth-order valence-electron chi connectivity index (χ4n) is 6.10. The molecule has 2 saturated carbocycles. The molecule has 0 N–H and O–H groups in total. The minimum atomic E-state index is -0.526. The van der Waals surface area contributed by atoms with Gasteiger partial charge >= 0.3 is 0 Å². The van der Waals surface area contributed by atoms with Crippen molar-refractivity contribution in [3.8, 4) is 0 Å². The van der Waals surface area contributed by atoms with E-state index in [4.69, 9.17) is 0 Å². The van der Waals surface area contributed by atoms with E-state index in [-0.39, 0.29) is 23.6 Å². The summed E-state index contributed by atoms with van der Waals surface area (Å²) in [6.45, 7) is 0. The number of carbonyl (C=O) groups excluding carboxylic acids is 4. The smallest absolute Gasteiger partial charge is 0.240 e. The van der Waals surface area contributed by atoms with E-state index in [0.717, 1.165) is 64.2 Å². The van der Waals surface area contributed by atoms with Crippen LogP contribution in [0.15, 0.2) is 24.3 Å². The van der Waals surface area contributed by atoms with E-state index in [1.54, 1.807) is 24.3 Å². The van der Waals surface area contributed by atoms with Crippen LogP contribution < -0.4 is 9.80 Å². The number of nitrogens with zero attached hydrogens (tertiary/aromatic N) is 2. The van der Waals surface area contributed by atoms with Gasteiger partial charge < -0.3 is 0 Å². The van der Waals surface area contributed by atoms with Crippen LogP contribution in [-0.4, -0.2) is 23.6 Å². The normalized spacial score (nSPS) is 25.7. The molecule has 5 rings (SSSR count). The lowest BCUT2D eigenvalue weighted by Crippen LogP contribution is -2.37. The Labute approximate surface area is 176 Å². The molecule has 2 aliphatic carbocycles. The summed E-state index contributed by atoms with van der Waals surface area (Å²) in [5, 5.41) is 0. The number of anilines is 2. The highest BCUT2D eigenvalue weighted by molar-refractivity contribution is 6.24. The first-order chi connectivity index (χ1) is 14.5. The summed E-state index contributed by atoms with van der Waals surface area (Å²) in [6.07, 6.45) is 9.93. The SMILES string of the molecule is O=C1CC2(CCCCC2)C(=O)N1c1ccc(N2C(=O)CC3(CCCCC3)C2=O)cc1. The molecule has 4 amide bonds. The minimum absolute atomic E-state index is 0.0885. The van der Waals surface area contributed by atoms with Gasteiger partial charge in [0.2, 0.25) is 23.6 Å². The lowest BCUT2D eigenvalue weighted by atomic mass is 9.73. The van der Waals surface area contributed by atoms with Crippen LogP contribution in [0, 0.1) is 10.8 Å². The third kappa shape index (κ3) is 2.83. The fraction of sp³-hybridized carbons (Fsp3) is 0.583. The number of rotatable bonds is 2. The average Bonchev–Trinajstić information content (AvgIpc) is 3.12. The van der Waals surface area contributed by atoms with Crippen LogP contribution in [0.4, 0.5) is 11.4 Å². The quantitative estimate of drug-likeness (QED) is 0.690. The Bertz CT molecular complexity index is 833. The second-order valence-electron chi connectivity index (χ2n) is 9.62. The first-order valence-corrected chi connectivity index (χ1v) is 11.3. The highest BCUT2D eigenvalue weighted by Gasteiger charge is 2.53. The number of amides is 4. The second-order valence-corrected chi connectivity index (χ2v) is 9.62. The molecule has 158 valence electrons. The summed E-state index contributed by atoms with van der Waals surface area (Å²) in [7, 11) is 0. The molecule has 2 heterocycles. The molecule has 0 radical (unpaired) electrons. The van der Waals surface area contributed by atoms with Gasteiger partial charge in [0.05, 0.1) is 22.2 Å². The van der Waals surface area contributed by atoms with E-state index in [9.17, 15) is 19.2 Å². The maximum atomic E-state index is 13.1. The highest BCUT2D eigenvalue weighted by atomic mass is 16.2. The Kier molecular flexibility index (Phi) is 4.56. The molecule has 4 fully saturated rings. The topological polar surface area (TPSA) is 74.8 Å². The number of hydrogen-bond acceptors (Lipinski definition) is 4. The van der Waals surface area contributed by atoms with Crippen molar-refractivity contribution in [1.82, 2.24) is 0 Å². The van der Waals surface area contributed by atoms with Crippen LogP contribution in [0.1, 0.15) is 77.0 Å². The minimum Gasteiger partial charge on any atom is -0.274 e. The van der Waals surface area contributed by atoms with Crippen LogP contribution in [-0.2, 0) is 19.2 Å². The third-order valence-electron chi connectivity index (χ3n) is 7.78. The standard InChI is InChI=1S/C24H28N2O4/c27-19-15-23(11-3-1-4-12-23)21(29)25(19)17-7-9-18(10-8-17)26-20(28)16-24(22(26)30)13-5-2-6-14-24/h7-10H,1-6,11-16H2. The van der Waals surface area contributed by atoms with Gasteiger partial charge in [0.15, 0.2) is 0 Å². The maximum absolute atomic E-state index is 13.1. The van der Waals surface area contributed by atoms with Crippen molar-refractivity contribution in [3.05, 3.63) is 24.3 Å². The van der Waals surface area contributed by atoms with E-state index in [0.29, 0.717) is 24.2 Å². The summed E-state index contributed by atoms with van der Waals surface area (Å²) in [6, 6.07) is 6.78. The van der Waals surface area contributed by atoms with Crippen LogP contribution in [0.3, 0.4) is 0 Å². The lowest BCUT2D eigenvalue weighted by Gasteiger charge is -2.31. The van der Waals surface area contributed by atoms with E-state index in [1.165, 1.54) is 9.80 Å². The molecular formula is C24H28N2O4. The van der Waals surface area contributed by atoms with Crippen molar-refractivity contribution >= 4 is 35.0 Å². The number of benzene rings is 1. The Morgan fingerprint density at radius 3 is 1.20 bits per heavy atom. The van der Waals surface area contributed by atoms with Gasteiger partial charge in [-0.15, -0.1) is 0 Å². The summed E-state index contributed by atoms with van der Waals surface area (Å²) >= 11 is 0. The number of imide groups is 2. The van der Waals surface area contributed by atoms with Crippen molar-refractivity contribution in [1.29, 1.82) is 0 Å². The molecule has 1 aromatic rings. The Balaban J connectivity index is 1.38. The maximum Gasteiger partial charge on any atom is 0.240 e. The number of carbonyl (C=O) groups is 4. The zero-order valence-electron chi connectivity index (χ0n) is 17.3. The van der Waals surface area contributed by atoms with Gasteiger partial charge in [0.25, 0.3) is 0 Å². The molecule has 1 aromatic carbocycles. The monoisotopic (exact) mass is 408 g/mol. The van der Waals surface area contributed by atoms with Crippen molar-refractivity contribution in [2.75, 3.05) is 9.80 Å². The molecule has 0 unspecified atom stereocenters. The fourth-order valence-corrected chi connectivity index (χ4v) is 6.10. The van der Waals surface area contributed by atoms with Gasteiger partial charge in [-0.25, -0.2) is 0 Å². The van der Waals surface area contributed by atoms with Crippen molar-refractivity contribution < 1.29 is 19.2 Å². The van der Waals surface area contributed by atoms with Crippen LogP contribution in [0.25, 0.3) is 0 Å². The predicted octanol–water partition coefficient (Wildman–Crippen LogP) is 4.11. The molecule has 2 saturated heterocycles. The Morgan fingerprint density at radius 2 is 0.867 bits per heavy atom. The van der Waals surface area contributed by atoms with Gasteiger partial charge in [-0.3, -0.25) is 29.0 Å². The average molecular weight is 408 g/mol. The molecule has 6 heteroatoms. The highest BCUT2D eigenvalue weighted by Crippen LogP contribution is 2.48. The first kappa shape index (κ1) is 19.5. The van der Waals surface area contributed by atoms with Gasteiger partial charge in [-0.1, -0.05) is 38.5 Å². The molecule has 2 spiro atoms. The summed E-state index contributed by atoms with van der Waals surface area (Å²) in [5.74, 6) is -0.475. The predicted molar refractivity (Wildman–Crippen MR) is 112 cm³/mol. The van der Waals surface area contributed by atoms with Crippen molar-refractivity contribution in [2.45, 2.75) is 77.0 Å². The summed E-state index contributed by atoms with van der Waals surface area (Å²) < 4.78 is 0. The number of hydrogen-bond donors (Lipinski definition) is 0. The zero-order chi connectivity index (χ0) is 20.9. The Morgan fingerprint density at radius 1 is 0.533 bits per heavy atom. The lowest BCUT2D eigenvalue weighted by molar-refractivity contribution is -0.128. The van der Waals surface area contributed by atoms with Gasteiger partial charge in [0, 0.05) is 12.8 Å². The molecule has 2 aliphatic heterocycles. The van der Waals surface area contributed by atoms with Crippen molar-refractivity contribution in [2.24, 2.45) is 10.8 Å². The van der Waals surface area contributed by atoms with Crippen LogP contribution in [0.5, 0.6) is 0 Å². The molecule has 4 aliphatic rings. The second kappa shape index (κ2) is 7.03. The van der Waals surface area contributed by atoms with Gasteiger partial charge in [-0.05, 0) is 49.9 Å². The van der Waals surface area contributed by atoms with Gasteiger partial charge in [-0.2, -0.15) is 0 Å². The Hall–Kier alpha value is -2.50. The largest absolute Gasteiger partial charge is 0.274 e. The van der Waals surface area contributed by atoms with Gasteiger partial charge in [0.1, 0.15) is 0 Å². The summed E-state index contributed by atoms with van der Waals surface area (Å²) in [5.41, 5.74) is 0.00942. The van der Waals surface area contributed by atoms with E-state index in [2.05, 4.69) is 0 Å². The van der Waals surface area contributed by atoms with E-state index < -0.39 is 10.8 Å². The molecular weight excluding hydrogens is 380 g/mol. The molecule has 30 heavy (non-hydrogen) atoms. The van der Waals surface area contributed by atoms with E-state index >= 15 is 0 Å². The van der Waals surface area contributed by atoms with Crippen molar-refractivity contribution in [3.63, 3.8) is 0 Å². The summed E-state index contributed by atoms with van der Waals surface area (Å²) in [4.78, 5) is 54.3. The molecule has 6 nitrogen and oxygen atoms in total. The molecule has 0 aromatic heterocycles.